The van der Waals surface area contributed by atoms with Gasteiger partial charge in [-0.15, -0.1) is 0 Å². The molecule has 0 aliphatic heterocycles. The highest BCUT2D eigenvalue weighted by atomic mass is 35.5. The van der Waals surface area contributed by atoms with Crippen LogP contribution in [0.5, 0.6) is 0 Å². The average molecular weight is 308 g/mol. The van der Waals surface area contributed by atoms with Crippen molar-refractivity contribution in [3.8, 4) is 0 Å². The molecule has 3 nitrogen and oxygen atoms in total. The van der Waals surface area contributed by atoms with Gasteiger partial charge >= 0.3 is 0 Å². The van der Waals surface area contributed by atoms with Crippen molar-refractivity contribution < 1.29 is 13.9 Å². The van der Waals surface area contributed by atoms with Crippen molar-refractivity contribution >= 4 is 17.5 Å². The third kappa shape index (κ3) is 4.28. The number of carbonyl (C=O) groups is 1. The smallest absolute Gasteiger partial charge is 0.251 e. The Morgan fingerprint density at radius 2 is 2.05 bits per heavy atom. The highest BCUT2D eigenvalue weighted by molar-refractivity contribution is 6.30. The summed E-state index contributed by atoms with van der Waals surface area (Å²) in [6, 6.07) is 12.8. The number of amides is 1. The molecular formula is C16H15ClFNO2. The van der Waals surface area contributed by atoms with E-state index in [2.05, 4.69) is 5.32 Å². The van der Waals surface area contributed by atoms with Crippen molar-refractivity contribution in [2.75, 3.05) is 13.7 Å². The van der Waals surface area contributed by atoms with Crippen LogP contribution in [0.25, 0.3) is 0 Å². The van der Waals surface area contributed by atoms with E-state index in [1.165, 1.54) is 19.2 Å². The number of ether oxygens (including phenoxy) is 1. The molecule has 0 heterocycles. The number of hydrogen-bond donors (Lipinski definition) is 1. The van der Waals surface area contributed by atoms with Crippen LogP contribution in [0.1, 0.15) is 22.0 Å². The molecule has 0 saturated carbocycles. The topological polar surface area (TPSA) is 38.3 Å². The van der Waals surface area contributed by atoms with Gasteiger partial charge in [0.1, 0.15) is 5.82 Å². The first kappa shape index (κ1) is 15.5. The van der Waals surface area contributed by atoms with Crippen LogP contribution >= 0.6 is 11.6 Å². The molecule has 1 amide bonds. The molecule has 0 aromatic heterocycles. The summed E-state index contributed by atoms with van der Waals surface area (Å²) >= 11 is 5.85. The molecule has 1 atom stereocenters. The number of nitrogens with one attached hydrogen (secondary N) is 1. The summed E-state index contributed by atoms with van der Waals surface area (Å²) in [4.78, 5) is 12.0. The van der Waals surface area contributed by atoms with Crippen LogP contribution in [0, 0.1) is 5.82 Å². The number of carbonyl (C=O) groups excluding carboxylic acids is 1. The van der Waals surface area contributed by atoms with E-state index < -0.39 is 6.10 Å². The minimum atomic E-state index is -0.413. The van der Waals surface area contributed by atoms with Gasteiger partial charge in [-0.1, -0.05) is 29.8 Å². The Hall–Kier alpha value is -1.91. The zero-order valence-electron chi connectivity index (χ0n) is 11.5. The molecule has 0 bridgehead atoms. The first-order valence-corrected chi connectivity index (χ1v) is 6.80. The Labute approximate surface area is 127 Å². The molecule has 0 saturated heterocycles. The minimum Gasteiger partial charge on any atom is -0.375 e. The van der Waals surface area contributed by atoms with E-state index in [1.807, 2.05) is 0 Å². The molecule has 2 rings (SSSR count). The van der Waals surface area contributed by atoms with Crippen molar-refractivity contribution in [1.29, 1.82) is 0 Å². The molecule has 2 aromatic rings. The monoisotopic (exact) mass is 307 g/mol. The third-order valence-electron chi connectivity index (χ3n) is 3.04. The van der Waals surface area contributed by atoms with Gasteiger partial charge in [0.15, 0.2) is 0 Å². The normalized spacial score (nSPS) is 12.0. The SMILES string of the molecule is COC(CNC(=O)c1cccc(Cl)c1)c1cccc(F)c1. The maximum absolute atomic E-state index is 13.2. The largest absolute Gasteiger partial charge is 0.375 e. The lowest BCUT2D eigenvalue weighted by molar-refractivity contribution is 0.0827. The lowest BCUT2D eigenvalue weighted by Crippen LogP contribution is -2.29. The van der Waals surface area contributed by atoms with E-state index in [1.54, 1.807) is 36.4 Å². The Morgan fingerprint density at radius 3 is 2.71 bits per heavy atom. The highest BCUT2D eigenvalue weighted by Gasteiger charge is 2.13. The molecule has 1 unspecified atom stereocenters. The summed E-state index contributed by atoms with van der Waals surface area (Å²) in [7, 11) is 1.51. The van der Waals surface area contributed by atoms with Crippen LogP contribution in [0.4, 0.5) is 4.39 Å². The quantitative estimate of drug-likeness (QED) is 0.916. The zero-order chi connectivity index (χ0) is 15.2. The van der Waals surface area contributed by atoms with Crippen LogP contribution < -0.4 is 5.32 Å². The summed E-state index contributed by atoms with van der Waals surface area (Å²) in [6.07, 6.45) is -0.413. The van der Waals surface area contributed by atoms with Crippen LogP contribution in [-0.4, -0.2) is 19.6 Å². The molecule has 2 aromatic carbocycles. The number of rotatable bonds is 5. The van der Waals surface area contributed by atoms with Crippen LogP contribution in [0.15, 0.2) is 48.5 Å². The first-order valence-electron chi connectivity index (χ1n) is 6.42. The summed E-state index contributed by atoms with van der Waals surface area (Å²) < 4.78 is 18.5. The Kier molecular flexibility index (Phi) is 5.31. The third-order valence-corrected chi connectivity index (χ3v) is 3.27. The molecule has 1 N–H and O–H groups in total. The Balaban J connectivity index is 2.02. The lowest BCUT2D eigenvalue weighted by Gasteiger charge is -2.16. The number of hydrogen-bond acceptors (Lipinski definition) is 2. The average Bonchev–Trinajstić information content (AvgIpc) is 2.48. The van der Waals surface area contributed by atoms with Gasteiger partial charge in [-0.05, 0) is 35.9 Å². The van der Waals surface area contributed by atoms with E-state index in [0.29, 0.717) is 16.1 Å². The fourth-order valence-electron chi connectivity index (χ4n) is 1.96. The Morgan fingerprint density at radius 1 is 1.29 bits per heavy atom. The molecule has 110 valence electrons. The first-order chi connectivity index (χ1) is 10.1. The van der Waals surface area contributed by atoms with E-state index >= 15 is 0 Å². The van der Waals surface area contributed by atoms with Gasteiger partial charge in [0, 0.05) is 24.2 Å². The summed E-state index contributed by atoms with van der Waals surface area (Å²) in [5.74, 6) is -0.591. The van der Waals surface area contributed by atoms with Crippen molar-refractivity contribution in [3.63, 3.8) is 0 Å². The molecule has 0 aliphatic carbocycles. The molecule has 0 aliphatic rings. The van der Waals surface area contributed by atoms with Crippen LogP contribution in [-0.2, 0) is 4.74 Å². The molecule has 0 radical (unpaired) electrons. The molecule has 5 heteroatoms. The number of methoxy groups -OCH3 is 1. The van der Waals surface area contributed by atoms with Gasteiger partial charge in [0.05, 0.1) is 6.10 Å². The van der Waals surface area contributed by atoms with Crippen LogP contribution in [0.3, 0.4) is 0 Å². The summed E-state index contributed by atoms with van der Waals surface area (Å²) in [5.41, 5.74) is 1.14. The van der Waals surface area contributed by atoms with E-state index in [-0.39, 0.29) is 18.3 Å². The maximum Gasteiger partial charge on any atom is 0.251 e. The van der Waals surface area contributed by atoms with Gasteiger partial charge in [0.25, 0.3) is 5.91 Å². The van der Waals surface area contributed by atoms with Crippen LogP contribution in [0.2, 0.25) is 5.02 Å². The summed E-state index contributed by atoms with van der Waals surface area (Å²) in [6.45, 7) is 0.241. The predicted octanol–water partition coefficient (Wildman–Crippen LogP) is 3.60. The molecule has 21 heavy (non-hydrogen) atoms. The maximum atomic E-state index is 13.2. The zero-order valence-corrected chi connectivity index (χ0v) is 12.2. The van der Waals surface area contributed by atoms with Gasteiger partial charge in [-0.3, -0.25) is 4.79 Å². The summed E-state index contributed by atoms with van der Waals surface area (Å²) in [5, 5.41) is 3.25. The molecular weight excluding hydrogens is 293 g/mol. The second kappa shape index (κ2) is 7.20. The minimum absolute atomic E-state index is 0.241. The van der Waals surface area contributed by atoms with Gasteiger partial charge in [-0.25, -0.2) is 4.39 Å². The van der Waals surface area contributed by atoms with Crippen molar-refractivity contribution in [1.82, 2.24) is 5.32 Å². The molecule has 0 fully saturated rings. The lowest BCUT2D eigenvalue weighted by atomic mass is 10.1. The van der Waals surface area contributed by atoms with Crippen molar-refractivity contribution in [3.05, 3.63) is 70.5 Å². The number of benzene rings is 2. The second-order valence-corrected chi connectivity index (χ2v) is 4.94. The van der Waals surface area contributed by atoms with E-state index in [0.717, 1.165) is 0 Å². The van der Waals surface area contributed by atoms with Gasteiger partial charge in [-0.2, -0.15) is 0 Å². The second-order valence-electron chi connectivity index (χ2n) is 4.50. The van der Waals surface area contributed by atoms with E-state index in [4.69, 9.17) is 16.3 Å². The highest BCUT2D eigenvalue weighted by Crippen LogP contribution is 2.17. The fraction of sp³-hybridized carbons (Fsp3) is 0.188. The van der Waals surface area contributed by atoms with Gasteiger partial charge in [0.2, 0.25) is 0 Å². The van der Waals surface area contributed by atoms with Crippen molar-refractivity contribution in [2.24, 2.45) is 0 Å². The molecule has 0 spiro atoms. The fourth-order valence-corrected chi connectivity index (χ4v) is 2.15. The predicted molar refractivity (Wildman–Crippen MR) is 79.9 cm³/mol. The number of halogens is 2. The van der Waals surface area contributed by atoms with Crippen molar-refractivity contribution in [2.45, 2.75) is 6.10 Å². The van der Waals surface area contributed by atoms with Gasteiger partial charge < -0.3 is 10.1 Å². The standard InChI is InChI=1S/C16H15ClFNO2/c1-21-15(11-4-3-7-14(18)9-11)10-19-16(20)12-5-2-6-13(17)8-12/h2-9,15H,10H2,1H3,(H,19,20). The van der Waals surface area contributed by atoms with E-state index in [9.17, 15) is 9.18 Å². The Bertz CT molecular complexity index is 633.